The van der Waals surface area contributed by atoms with Crippen LogP contribution in [0.5, 0.6) is 0 Å². The molecule has 0 aliphatic carbocycles. The highest BCUT2D eigenvalue weighted by Crippen LogP contribution is 2.30. The average Bonchev–Trinajstić information content (AvgIpc) is 3.18. The van der Waals surface area contributed by atoms with E-state index in [1.54, 1.807) is 12.3 Å². The summed E-state index contributed by atoms with van der Waals surface area (Å²) in [6.07, 6.45) is 5.05. The number of carbonyl (C=O) groups excluding carboxylic acids is 1. The van der Waals surface area contributed by atoms with Gasteiger partial charge < -0.3 is 20.1 Å². The maximum atomic E-state index is 11.6. The fourth-order valence-corrected chi connectivity index (χ4v) is 3.96. The third-order valence-corrected chi connectivity index (χ3v) is 5.23. The molecule has 2 aliphatic rings. The van der Waals surface area contributed by atoms with E-state index < -0.39 is 12.0 Å². The number of β-amino-alcohol motifs (C(OH)–C–C–N with tert-alkyl or cyclic N) is 1. The minimum absolute atomic E-state index is 0.0685. The summed E-state index contributed by atoms with van der Waals surface area (Å²) in [5.41, 5.74) is 6.61. The Balaban J connectivity index is 1.63. The minimum atomic E-state index is -0.462. The number of primary amides is 1. The zero-order valence-corrected chi connectivity index (χ0v) is 13.5. The van der Waals surface area contributed by atoms with Crippen molar-refractivity contribution >= 4 is 16.9 Å². The van der Waals surface area contributed by atoms with Gasteiger partial charge in [0.05, 0.1) is 17.7 Å². The van der Waals surface area contributed by atoms with E-state index in [0.29, 0.717) is 23.8 Å². The monoisotopic (exact) mass is 330 g/mol. The Morgan fingerprint density at radius 1 is 1.29 bits per heavy atom. The van der Waals surface area contributed by atoms with Crippen LogP contribution in [0.25, 0.3) is 11.0 Å². The van der Waals surface area contributed by atoms with Crippen molar-refractivity contribution in [1.29, 1.82) is 0 Å². The molecular formula is C17H22N4O3. The normalized spacial score (nSPS) is 26.2. The fourth-order valence-electron chi connectivity index (χ4n) is 3.96. The van der Waals surface area contributed by atoms with Gasteiger partial charge in [-0.25, -0.2) is 4.98 Å². The highest BCUT2D eigenvalue weighted by molar-refractivity contribution is 6.04. The number of ether oxygens (including phenoxy) is 1. The molecule has 0 unspecified atom stereocenters. The van der Waals surface area contributed by atoms with Crippen LogP contribution in [0.15, 0.2) is 24.5 Å². The lowest BCUT2D eigenvalue weighted by Gasteiger charge is -2.30. The van der Waals surface area contributed by atoms with Crippen LogP contribution in [0.2, 0.25) is 0 Å². The number of carbonyl (C=O) groups is 1. The lowest BCUT2D eigenvalue weighted by molar-refractivity contribution is 0.0377. The molecule has 0 aromatic carbocycles. The Bertz CT molecular complexity index is 753. The molecule has 2 atom stereocenters. The number of rotatable bonds is 3. The number of nitrogens with two attached hydrogens (primary N) is 1. The summed E-state index contributed by atoms with van der Waals surface area (Å²) >= 11 is 0. The molecule has 1 amide bonds. The van der Waals surface area contributed by atoms with Gasteiger partial charge in [-0.05, 0) is 25.0 Å². The Morgan fingerprint density at radius 3 is 2.83 bits per heavy atom. The number of likely N-dealkylation sites (tertiary alicyclic amines) is 1. The molecule has 2 saturated heterocycles. The third kappa shape index (κ3) is 2.58. The largest absolute Gasteiger partial charge is 0.390 e. The van der Waals surface area contributed by atoms with Crippen molar-refractivity contribution < 1.29 is 14.6 Å². The van der Waals surface area contributed by atoms with Crippen LogP contribution in [0.4, 0.5) is 0 Å². The molecule has 128 valence electrons. The molecule has 3 N–H and O–H groups in total. The molecule has 2 fully saturated rings. The molecule has 7 nitrogen and oxygen atoms in total. The average molecular weight is 330 g/mol. The first-order chi connectivity index (χ1) is 11.6. The first-order valence-corrected chi connectivity index (χ1v) is 8.40. The van der Waals surface area contributed by atoms with Gasteiger partial charge in [0.2, 0.25) is 5.91 Å². The Labute approximate surface area is 140 Å². The van der Waals surface area contributed by atoms with Crippen LogP contribution in [0, 0.1) is 0 Å². The van der Waals surface area contributed by atoms with Crippen LogP contribution in [-0.2, 0) is 4.74 Å². The maximum absolute atomic E-state index is 11.6. The number of hydrogen-bond acceptors (Lipinski definition) is 5. The summed E-state index contributed by atoms with van der Waals surface area (Å²) in [7, 11) is 0. The zero-order valence-electron chi connectivity index (χ0n) is 13.5. The number of aromatic nitrogens is 2. The number of hydrogen-bond donors (Lipinski definition) is 2. The van der Waals surface area contributed by atoms with Crippen molar-refractivity contribution in [1.82, 2.24) is 14.5 Å². The molecule has 0 saturated carbocycles. The quantitative estimate of drug-likeness (QED) is 0.856. The van der Waals surface area contributed by atoms with Crippen molar-refractivity contribution in [2.45, 2.75) is 31.0 Å². The van der Waals surface area contributed by atoms with Crippen LogP contribution >= 0.6 is 0 Å². The predicted octanol–water partition coefficient (Wildman–Crippen LogP) is 0.532. The third-order valence-electron chi connectivity index (χ3n) is 5.23. The number of pyridine rings is 1. The molecule has 24 heavy (non-hydrogen) atoms. The number of fused-ring (bicyclic) bond motifs is 1. The van der Waals surface area contributed by atoms with E-state index in [9.17, 15) is 9.90 Å². The van der Waals surface area contributed by atoms with Crippen LogP contribution in [-0.4, -0.2) is 63.9 Å². The van der Waals surface area contributed by atoms with Gasteiger partial charge in [-0.2, -0.15) is 0 Å². The van der Waals surface area contributed by atoms with Gasteiger partial charge in [-0.15, -0.1) is 0 Å². The zero-order chi connectivity index (χ0) is 16.7. The predicted molar refractivity (Wildman–Crippen MR) is 88.7 cm³/mol. The summed E-state index contributed by atoms with van der Waals surface area (Å²) in [5, 5.41) is 11.3. The van der Waals surface area contributed by atoms with Gasteiger partial charge >= 0.3 is 0 Å². The Hall–Kier alpha value is -1.96. The highest BCUT2D eigenvalue weighted by Gasteiger charge is 2.37. The smallest absolute Gasteiger partial charge is 0.249 e. The lowest BCUT2D eigenvalue weighted by atomic mass is 10.1. The number of aliphatic hydroxyl groups is 1. The molecule has 0 radical (unpaired) electrons. The van der Waals surface area contributed by atoms with Gasteiger partial charge in [0, 0.05) is 50.1 Å². The molecule has 2 aliphatic heterocycles. The molecule has 0 bridgehead atoms. The molecule has 4 heterocycles. The van der Waals surface area contributed by atoms with Crippen molar-refractivity contribution in [2.75, 3.05) is 26.3 Å². The number of aliphatic hydroxyl groups excluding tert-OH is 1. The van der Waals surface area contributed by atoms with E-state index in [4.69, 9.17) is 10.5 Å². The number of nitrogens with zero attached hydrogens (tertiary/aromatic N) is 3. The van der Waals surface area contributed by atoms with E-state index in [1.165, 1.54) is 0 Å². The van der Waals surface area contributed by atoms with E-state index in [-0.39, 0.29) is 6.04 Å². The van der Waals surface area contributed by atoms with Gasteiger partial charge in [-0.3, -0.25) is 9.69 Å². The summed E-state index contributed by atoms with van der Waals surface area (Å²) in [6, 6.07) is 3.89. The summed E-state index contributed by atoms with van der Waals surface area (Å²) < 4.78 is 7.41. The standard InChI is InChI=1S/C17H22N4O3/c18-16(23)12-1-5-19-17-13(12)2-6-21(17)14-9-20(10-15(14)22)11-3-7-24-8-4-11/h1-2,5-6,11,14-15,22H,3-4,7-10H2,(H2,18,23)/t14-,15-/m1/s1. The van der Waals surface area contributed by atoms with E-state index >= 15 is 0 Å². The highest BCUT2D eigenvalue weighted by atomic mass is 16.5. The van der Waals surface area contributed by atoms with Gasteiger partial charge in [-0.1, -0.05) is 0 Å². The molecule has 0 spiro atoms. The fraction of sp³-hybridized carbons (Fsp3) is 0.529. The number of amides is 1. The molecule has 7 heteroatoms. The van der Waals surface area contributed by atoms with Crippen LogP contribution in [0.1, 0.15) is 29.2 Å². The SMILES string of the molecule is NC(=O)c1ccnc2c1ccn2[C@@H]1CN(C2CCOCC2)C[C@H]1O. The maximum Gasteiger partial charge on any atom is 0.249 e. The van der Waals surface area contributed by atoms with Gasteiger partial charge in [0.15, 0.2) is 0 Å². The Morgan fingerprint density at radius 2 is 2.08 bits per heavy atom. The first-order valence-electron chi connectivity index (χ1n) is 8.40. The van der Waals surface area contributed by atoms with Crippen molar-refractivity contribution in [3.05, 3.63) is 30.1 Å². The second-order valence-corrected chi connectivity index (χ2v) is 6.62. The topological polar surface area (TPSA) is 93.6 Å². The van der Waals surface area contributed by atoms with Crippen molar-refractivity contribution in [2.24, 2.45) is 5.73 Å². The van der Waals surface area contributed by atoms with Crippen LogP contribution < -0.4 is 5.73 Å². The molecule has 2 aromatic heterocycles. The van der Waals surface area contributed by atoms with E-state index in [2.05, 4.69) is 9.88 Å². The van der Waals surface area contributed by atoms with E-state index in [0.717, 1.165) is 38.0 Å². The Kier molecular flexibility index (Phi) is 3.99. The summed E-state index contributed by atoms with van der Waals surface area (Å²) in [6.45, 7) is 3.01. The van der Waals surface area contributed by atoms with Crippen molar-refractivity contribution in [3.63, 3.8) is 0 Å². The first kappa shape index (κ1) is 15.6. The molecule has 4 rings (SSSR count). The van der Waals surface area contributed by atoms with Gasteiger partial charge in [0.1, 0.15) is 5.65 Å². The second kappa shape index (κ2) is 6.16. The molecular weight excluding hydrogens is 308 g/mol. The van der Waals surface area contributed by atoms with Crippen LogP contribution in [0.3, 0.4) is 0 Å². The van der Waals surface area contributed by atoms with Crippen molar-refractivity contribution in [3.8, 4) is 0 Å². The lowest BCUT2D eigenvalue weighted by Crippen LogP contribution is -2.38. The minimum Gasteiger partial charge on any atom is -0.390 e. The molecule has 2 aromatic rings. The summed E-state index contributed by atoms with van der Waals surface area (Å²) in [5.74, 6) is -0.462. The summed E-state index contributed by atoms with van der Waals surface area (Å²) in [4.78, 5) is 18.3. The second-order valence-electron chi connectivity index (χ2n) is 6.62. The van der Waals surface area contributed by atoms with Gasteiger partial charge in [0.25, 0.3) is 0 Å². The van der Waals surface area contributed by atoms with E-state index in [1.807, 2.05) is 16.8 Å².